The van der Waals surface area contributed by atoms with Crippen LogP contribution < -0.4 is 5.32 Å². The van der Waals surface area contributed by atoms with E-state index in [9.17, 15) is 9.59 Å². The van der Waals surface area contributed by atoms with E-state index in [0.717, 1.165) is 19.3 Å². The monoisotopic (exact) mass is 305 g/mol. The van der Waals surface area contributed by atoms with E-state index < -0.39 is 11.7 Å². The molecule has 1 amide bonds. The molecule has 0 unspecified atom stereocenters. The molecule has 1 aliphatic rings. The molecule has 1 rings (SSSR count). The van der Waals surface area contributed by atoms with Gasteiger partial charge in [-0.3, -0.25) is 4.79 Å². The van der Waals surface area contributed by atoms with Crippen LogP contribution in [-0.4, -0.2) is 28.8 Å². The zero-order chi connectivity index (χ0) is 13.1. The van der Waals surface area contributed by atoms with E-state index in [2.05, 4.69) is 21.2 Å². The number of alkyl halides is 1. The Morgan fingerprint density at radius 1 is 1.35 bits per heavy atom. The van der Waals surface area contributed by atoms with Crippen LogP contribution in [0.3, 0.4) is 0 Å². The van der Waals surface area contributed by atoms with Gasteiger partial charge in [-0.15, -0.1) is 0 Å². The third-order valence-electron chi connectivity index (χ3n) is 2.74. The summed E-state index contributed by atoms with van der Waals surface area (Å²) in [6.07, 6.45) is 2.03. The van der Waals surface area contributed by atoms with Gasteiger partial charge < -0.3 is 10.1 Å². The highest BCUT2D eigenvalue weighted by Gasteiger charge is 2.30. The molecule has 0 saturated heterocycles. The minimum Gasteiger partial charge on any atom is -0.444 e. The van der Waals surface area contributed by atoms with Crippen LogP contribution in [0.5, 0.6) is 0 Å². The van der Waals surface area contributed by atoms with Crippen molar-refractivity contribution in [2.75, 3.05) is 5.33 Å². The zero-order valence-electron chi connectivity index (χ0n) is 10.6. The minimum absolute atomic E-state index is 0.0675. The molecule has 1 saturated carbocycles. The molecule has 1 fully saturated rings. The standard InChI is InChI=1S/C12H20BrNO3/c1-12(2,3)17-11(16)14-9-5-4-8(6-9)10(15)7-13/h8-9H,4-7H2,1-3H3,(H,14,16)/t8-,9+/m0/s1. The first-order valence-electron chi connectivity index (χ1n) is 5.90. The van der Waals surface area contributed by atoms with Crippen molar-refractivity contribution < 1.29 is 14.3 Å². The molecule has 0 aliphatic heterocycles. The lowest BCUT2D eigenvalue weighted by Gasteiger charge is -2.21. The van der Waals surface area contributed by atoms with Crippen LogP contribution in [0.1, 0.15) is 40.0 Å². The molecular formula is C12H20BrNO3. The third-order valence-corrected chi connectivity index (χ3v) is 3.29. The molecule has 2 atom stereocenters. The predicted octanol–water partition coefficient (Wildman–Crippen LogP) is 2.64. The van der Waals surface area contributed by atoms with E-state index in [1.54, 1.807) is 0 Å². The van der Waals surface area contributed by atoms with Crippen LogP contribution in [0.2, 0.25) is 0 Å². The summed E-state index contributed by atoms with van der Waals surface area (Å²) < 4.78 is 5.18. The Balaban J connectivity index is 2.35. The van der Waals surface area contributed by atoms with Gasteiger partial charge >= 0.3 is 6.09 Å². The average molecular weight is 306 g/mol. The Labute approximate surface area is 111 Å². The number of ketones is 1. The molecule has 1 N–H and O–H groups in total. The third kappa shape index (κ3) is 5.06. The maximum atomic E-state index is 11.5. The van der Waals surface area contributed by atoms with Crippen molar-refractivity contribution in [1.29, 1.82) is 0 Å². The number of hydrogen-bond acceptors (Lipinski definition) is 3. The first-order valence-corrected chi connectivity index (χ1v) is 7.02. The van der Waals surface area contributed by atoms with E-state index in [1.807, 2.05) is 20.8 Å². The van der Waals surface area contributed by atoms with Crippen LogP contribution in [0.25, 0.3) is 0 Å². The molecule has 1 aliphatic carbocycles. The molecule has 98 valence electrons. The van der Waals surface area contributed by atoms with Gasteiger partial charge in [-0.1, -0.05) is 15.9 Å². The number of ether oxygens (including phenoxy) is 1. The normalized spacial score (nSPS) is 24.5. The van der Waals surface area contributed by atoms with Crippen LogP contribution in [-0.2, 0) is 9.53 Å². The largest absolute Gasteiger partial charge is 0.444 e. The summed E-state index contributed by atoms with van der Waals surface area (Å²) >= 11 is 3.17. The fourth-order valence-corrected chi connectivity index (χ4v) is 2.45. The minimum atomic E-state index is -0.478. The second-order valence-corrected chi connectivity index (χ2v) is 6.01. The van der Waals surface area contributed by atoms with Crippen LogP contribution in [0.15, 0.2) is 0 Å². The summed E-state index contributed by atoms with van der Waals surface area (Å²) in [4.78, 5) is 23.0. The van der Waals surface area contributed by atoms with Gasteiger partial charge in [0.25, 0.3) is 0 Å². The summed E-state index contributed by atoms with van der Waals surface area (Å²) in [6, 6.07) is 0.0675. The highest BCUT2D eigenvalue weighted by molar-refractivity contribution is 9.09. The van der Waals surface area contributed by atoms with Crippen molar-refractivity contribution in [1.82, 2.24) is 5.32 Å². The first kappa shape index (κ1) is 14.5. The summed E-state index contributed by atoms with van der Waals surface area (Å²) in [6.45, 7) is 5.50. The topological polar surface area (TPSA) is 55.4 Å². The van der Waals surface area contributed by atoms with Crippen molar-refractivity contribution in [3.05, 3.63) is 0 Å². The molecule has 0 aromatic heterocycles. The van der Waals surface area contributed by atoms with Crippen molar-refractivity contribution in [2.24, 2.45) is 5.92 Å². The van der Waals surface area contributed by atoms with Gasteiger partial charge in [0.15, 0.2) is 0 Å². The number of alkyl carbamates (subject to hydrolysis) is 1. The molecule has 0 aromatic carbocycles. The Bertz CT molecular complexity index is 299. The van der Waals surface area contributed by atoms with Crippen molar-refractivity contribution in [3.8, 4) is 0 Å². The van der Waals surface area contributed by atoms with Gasteiger partial charge in [-0.05, 0) is 40.0 Å². The molecule has 0 aromatic rings. The number of Topliss-reactive ketones (excluding diaryl/α,β-unsaturated/α-hetero) is 1. The van der Waals surface area contributed by atoms with Gasteiger partial charge in [0.1, 0.15) is 11.4 Å². The van der Waals surface area contributed by atoms with Crippen molar-refractivity contribution >= 4 is 27.8 Å². The van der Waals surface area contributed by atoms with Gasteiger partial charge in [0.2, 0.25) is 0 Å². The van der Waals surface area contributed by atoms with Crippen LogP contribution >= 0.6 is 15.9 Å². The number of carbonyl (C=O) groups is 2. The molecule has 4 nitrogen and oxygen atoms in total. The lowest BCUT2D eigenvalue weighted by Crippen LogP contribution is -2.38. The number of nitrogens with one attached hydrogen (secondary N) is 1. The fourth-order valence-electron chi connectivity index (χ4n) is 1.99. The first-order chi connectivity index (χ1) is 7.81. The van der Waals surface area contributed by atoms with E-state index >= 15 is 0 Å². The fraction of sp³-hybridized carbons (Fsp3) is 0.833. The second kappa shape index (κ2) is 5.85. The maximum absolute atomic E-state index is 11.5. The number of hydrogen-bond donors (Lipinski definition) is 1. The summed E-state index contributed by atoms with van der Waals surface area (Å²) in [5.74, 6) is 0.299. The van der Waals surface area contributed by atoms with E-state index in [-0.39, 0.29) is 17.7 Å². The van der Waals surface area contributed by atoms with Gasteiger partial charge in [0.05, 0.1) is 5.33 Å². The Morgan fingerprint density at radius 3 is 2.53 bits per heavy atom. The molecule has 0 bridgehead atoms. The molecule has 5 heteroatoms. The number of carbonyl (C=O) groups excluding carboxylic acids is 2. The molecular weight excluding hydrogens is 286 g/mol. The van der Waals surface area contributed by atoms with Crippen LogP contribution in [0, 0.1) is 5.92 Å². The molecule has 0 spiro atoms. The Morgan fingerprint density at radius 2 is 2.00 bits per heavy atom. The van der Waals surface area contributed by atoms with Crippen molar-refractivity contribution in [3.63, 3.8) is 0 Å². The lowest BCUT2D eigenvalue weighted by atomic mass is 10.0. The SMILES string of the molecule is CC(C)(C)OC(=O)N[C@@H]1CC[C@H](C(=O)CBr)C1. The second-order valence-electron chi connectivity index (χ2n) is 5.45. The lowest BCUT2D eigenvalue weighted by molar-refractivity contribution is -0.120. The Kier molecular flexibility index (Phi) is 4.98. The molecule has 0 heterocycles. The summed E-state index contributed by atoms with van der Waals surface area (Å²) in [5, 5.41) is 3.22. The number of halogens is 1. The number of rotatable bonds is 3. The van der Waals surface area contributed by atoms with E-state index in [0.29, 0.717) is 5.33 Å². The smallest absolute Gasteiger partial charge is 0.407 e. The summed E-state index contributed by atoms with van der Waals surface area (Å²) in [7, 11) is 0. The van der Waals surface area contributed by atoms with Gasteiger partial charge in [-0.2, -0.15) is 0 Å². The van der Waals surface area contributed by atoms with Crippen molar-refractivity contribution in [2.45, 2.75) is 51.7 Å². The van der Waals surface area contributed by atoms with E-state index in [4.69, 9.17) is 4.74 Å². The van der Waals surface area contributed by atoms with E-state index in [1.165, 1.54) is 0 Å². The average Bonchev–Trinajstić information content (AvgIpc) is 2.62. The maximum Gasteiger partial charge on any atom is 0.407 e. The molecule has 0 radical (unpaired) electrons. The quantitative estimate of drug-likeness (QED) is 0.816. The Hall–Kier alpha value is -0.580. The predicted molar refractivity (Wildman–Crippen MR) is 69.3 cm³/mol. The highest BCUT2D eigenvalue weighted by Crippen LogP contribution is 2.27. The van der Waals surface area contributed by atoms with Gasteiger partial charge in [0, 0.05) is 12.0 Å². The molecule has 17 heavy (non-hydrogen) atoms. The summed E-state index contributed by atoms with van der Waals surface area (Å²) in [5.41, 5.74) is -0.478. The van der Waals surface area contributed by atoms with Crippen LogP contribution in [0.4, 0.5) is 4.79 Å². The van der Waals surface area contributed by atoms with Gasteiger partial charge in [-0.25, -0.2) is 4.79 Å². The number of amides is 1. The zero-order valence-corrected chi connectivity index (χ0v) is 12.2. The highest BCUT2D eigenvalue weighted by atomic mass is 79.9.